The van der Waals surface area contributed by atoms with Crippen LogP contribution in [0.1, 0.15) is 22.6 Å². The number of rotatable bonds is 14. The predicted octanol–water partition coefficient (Wildman–Crippen LogP) is 10.5. The van der Waals surface area contributed by atoms with E-state index in [2.05, 4.69) is 10.6 Å². The van der Waals surface area contributed by atoms with Gasteiger partial charge in [0, 0.05) is 23.6 Å². The number of carbonyl (C=O) groups is 4. The van der Waals surface area contributed by atoms with Crippen LogP contribution < -0.4 is 10.6 Å². The highest BCUT2D eigenvalue weighted by Crippen LogP contribution is 2.29. The molecule has 0 bridgehead atoms. The third kappa shape index (κ3) is 12.4. The summed E-state index contributed by atoms with van der Waals surface area (Å²) in [5.74, 6) is -2.82. The Morgan fingerprint density at radius 1 is 0.477 bits per heavy atom. The van der Waals surface area contributed by atoms with Crippen LogP contribution in [0.3, 0.4) is 0 Å². The lowest BCUT2D eigenvalue weighted by molar-refractivity contribution is -0.140. The van der Waals surface area contributed by atoms with E-state index in [0.717, 1.165) is 33.0 Å². The van der Waals surface area contributed by atoms with Crippen molar-refractivity contribution in [3.63, 3.8) is 0 Å². The fraction of sp³-hybridized carbons (Fsp3) is 0.120. The lowest BCUT2D eigenvalue weighted by Gasteiger charge is -2.14. The first-order valence-electron chi connectivity index (χ1n) is 20.0. The van der Waals surface area contributed by atoms with Gasteiger partial charge in [0.1, 0.15) is 52.2 Å². The van der Waals surface area contributed by atoms with Crippen LogP contribution in [-0.2, 0) is 45.1 Å². The zero-order chi connectivity index (χ0) is 45.9. The summed E-state index contributed by atoms with van der Waals surface area (Å²) in [6.07, 6.45) is -1.83. The number of fused-ring (bicyclic) bond motifs is 2. The van der Waals surface area contributed by atoms with Crippen molar-refractivity contribution in [1.29, 1.82) is 0 Å². The van der Waals surface area contributed by atoms with Gasteiger partial charge in [-0.15, -0.1) is 0 Å². The number of amides is 2. The van der Waals surface area contributed by atoms with Gasteiger partial charge < -0.3 is 39.2 Å². The SMILES string of the molecule is O=C(NC(Cc1ccc(F)cc1)C(=O)O)OCc1cc2cc(-c3ccc(F)cc3)ccc2o1.O=C(NC(Cc1ccc(F)cc1)C(=O)O)OCc1cc2cc(-c3ccccc3)ccc2o1. The van der Waals surface area contributed by atoms with Gasteiger partial charge >= 0.3 is 24.1 Å². The molecule has 0 radical (unpaired) electrons. The summed E-state index contributed by atoms with van der Waals surface area (Å²) in [4.78, 5) is 47.2. The zero-order valence-electron chi connectivity index (χ0n) is 34.2. The van der Waals surface area contributed by atoms with Gasteiger partial charge in [-0.2, -0.15) is 0 Å². The molecule has 2 aromatic heterocycles. The second kappa shape index (κ2) is 20.7. The fourth-order valence-corrected chi connectivity index (χ4v) is 6.72. The quantitative estimate of drug-likeness (QED) is 0.0822. The minimum absolute atomic E-state index is 0.00237. The molecule has 0 aliphatic carbocycles. The van der Waals surface area contributed by atoms with Gasteiger partial charge in [0.15, 0.2) is 13.2 Å². The first-order chi connectivity index (χ1) is 31.3. The van der Waals surface area contributed by atoms with E-state index in [9.17, 15) is 42.6 Å². The monoisotopic (exact) mass is 884 g/mol. The van der Waals surface area contributed by atoms with E-state index in [1.54, 1.807) is 30.3 Å². The van der Waals surface area contributed by atoms with Gasteiger partial charge in [0.05, 0.1) is 0 Å². The first-order valence-corrected chi connectivity index (χ1v) is 20.0. The number of carboxylic acid groups (broad SMARTS) is 2. The van der Waals surface area contributed by atoms with Crippen LogP contribution in [0, 0.1) is 17.5 Å². The highest BCUT2D eigenvalue weighted by molar-refractivity contribution is 5.86. The molecular weight excluding hydrogens is 846 g/mol. The molecule has 8 aromatic rings. The molecular formula is C50H39F3N2O10. The summed E-state index contributed by atoms with van der Waals surface area (Å²) in [6, 6.07) is 39.1. The number of halogens is 3. The lowest BCUT2D eigenvalue weighted by atomic mass is 10.0. The van der Waals surface area contributed by atoms with Crippen molar-refractivity contribution in [2.45, 2.75) is 38.1 Å². The number of nitrogens with one attached hydrogen (secondary N) is 2. The molecule has 2 amide bonds. The van der Waals surface area contributed by atoms with Crippen LogP contribution >= 0.6 is 0 Å². The minimum Gasteiger partial charge on any atom is -0.480 e. The van der Waals surface area contributed by atoms with E-state index in [1.807, 2.05) is 60.7 Å². The Morgan fingerprint density at radius 2 is 0.846 bits per heavy atom. The Labute approximate surface area is 368 Å². The van der Waals surface area contributed by atoms with Crippen molar-refractivity contribution in [2.24, 2.45) is 0 Å². The Hall–Kier alpha value is -8.33. The summed E-state index contributed by atoms with van der Waals surface area (Å²) >= 11 is 0. The Morgan fingerprint density at radius 3 is 1.25 bits per heavy atom. The van der Waals surface area contributed by atoms with Crippen molar-refractivity contribution >= 4 is 46.1 Å². The van der Waals surface area contributed by atoms with Crippen LogP contribution in [0.25, 0.3) is 44.2 Å². The standard InChI is InChI=1S/C25H19F2NO5.C25H20FNO5/c26-19-6-1-15(2-7-19)11-22(24(29)30)28-25(31)32-14-21-13-18-12-17(5-10-23(18)33-21)16-3-8-20(27)9-4-16;26-20-9-6-16(7-10-20)12-22(24(28)29)27-25(30)31-15-21-14-19-13-18(8-11-23(19)32-21)17-4-2-1-3-5-17/h1-10,12-13,22H,11,14H2,(H,28,31)(H,29,30);1-11,13-14,22H,12,15H2,(H,27,30)(H,28,29). The highest BCUT2D eigenvalue weighted by Gasteiger charge is 2.23. The van der Waals surface area contributed by atoms with E-state index in [-0.39, 0.29) is 31.9 Å². The van der Waals surface area contributed by atoms with E-state index < -0.39 is 47.8 Å². The maximum atomic E-state index is 13.1. The number of hydrogen-bond donors (Lipinski definition) is 4. The molecule has 6 aromatic carbocycles. The molecule has 0 saturated carbocycles. The number of ether oxygens (including phenoxy) is 2. The zero-order valence-corrected chi connectivity index (χ0v) is 34.2. The van der Waals surface area contributed by atoms with Gasteiger partial charge in [-0.05, 0) is 106 Å². The number of hydrogen-bond acceptors (Lipinski definition) is 8. The summed E-state index contributed by atoms with van der Waals surface area (Å²) in [5.41, 5.74) is 6.20. The molecule has 0 saturated heterocycles. The van der Waals surface area contributed by atoms with Gasteiger partial charge in [-0.1, -0.05) is 78.9 Å². The van der Waals surface area contributed by atoms with E-state index in [0.29, 0.717) is 33.8 Å². The van der Waals surface area contributed by atoms with Crippen molar-refractivity contribution < 1.29 is 60.9 Å². The summed E-state index contributed by atoms with van der Waals surface area (Å²) in [7, 11) is 0. The van der Waals surface area contributed by atoms with Gasteiger partial charge in [0.25, 0.3) is 0 Å². The molecule has 2 heterocycles. The van der Waals surface area contributed by atoms with Crippen molar-refractivity contribution in [2.75, 3.05) is 0 Å². The highest BCUT2D eigenvalue weighted by atomic mass is 19.1. The van der Waals surface area contributed by atoms with Crippen LogP contribution in [-0.4, -0.2) is 46.4 Å². The van der Waals surface area contributed by atoms with Gasteiger partial charge in [0.2, 0.25) is 0 Å². The van der Waals surface area contributed by atoms with Crippen LogP contribution in [0.4, 0.5) is 22.8 Å². The number of alkyl carbamates (subject to hydrolysis) is 2. The Balaban J connectivity index is 0.000000194. The number of carboxylic acids is 2. The molecule has 330 valence electrons. The molecule has 0 aliphatic heterocycles. The molecule has 4 N–H and O–H groups in total. The van der Waals surface area contributed by atoms with Gasteiger partial charge in [-0.3, -0.25) is 0 Å². The number of furan rings is 2. The maximum absolute atomic E-state index is 13.1. The molecule has 12 nitrogen and oxygen atoms in total. The van der Waals surface area contributed by atoms with Crippen LogP contribution in [0.2, 0.25) is 0 Å². The number of aliphatic carboxylic acids is 2. The van der Waals surface area contributed by atoms with Crippen molar-refractivity contribution in [3.8, 4) is 22.3 Å². The second-order valence-corrected chi connectivity index (χ2v) is 14.7. The summed E-state index contributed by atoms with van der Waals surface area (Å²) < 4.78 is 60.8. The third-order valence-corrected chi connectivity index (χ3v) is 10.00. The molecule has 8 rings (SSSR count). The second-order valence-electron chi connectivity index (χ2n) is 14.7. The molecule has 0 fully saturated rings. The Kier molecular flexibility index (Phi) is 14.2. The van der Waals surface area contributed by atoms with Crippen molar-refractivity contribution in [1.82, 2.24) is 10.6 Å². The minimum atomic E-state index is -1.24. The summed E-state index contributed by atoms with van der Waals surface area (Å²) in [6.45, 7) is -0.348. The topological polar surface area (TPSA) is 178 Å². The number of benzene rings is 6. The van der Waals surface area contributed by atoms with E-state index >= 15 is 0 Å². The molecule has 0 spiro atoms. The largest absolute Gasteiger partial charge is 0.480 e. The fourth-order valence-electron chi connectivity index (χ4n) is 6.72. The van der Waals surface area contributed by atoms with E-state index in [1.165, 1.54) is 60.7 Å². The predicted molar refractivity (Wildman–Crippen MR) is 233 cm³/mol. The maximum Gasteiger partial charge on any atom is 0.408 e. The van der Waals surface area contributed by atoms with Crippen molar-refractivity contribution in [3.05, 3.63) is 192 Å². The summed E-state index contributed by atoms with van der Waals surface area (Å²) in [5, 5.41) is 25.0. The third-order valence-electron chi connectivity index (χ3n) is 10.00. The average molecular weight is 885 g/mol. The lowest BCUT2D eigenvalue weighted by Crippen LogP contribution is -2.42. The number of carbonyl (C=O) groups excluding carboxylic acids is 2. The molecule has 2 unspecified atom stereocenters. The Bertz CT molecular complexity index is 2920. The molecule has 0 aliphatic rings. The smallest absolute Gasteiger partial charge is 0.408 e. The van der Waals surface area contributed by atoms with Crippen LogP contribution in [0.15, 0.2) is 160 Å². The normalized spacial score (nSPS) is 11.8. The molecule has 15 heteroatoms. The van der Waals surface area contributed by atoms with Crippen LogP contribution in [0.5, 0.6) is 0 Å². The molecule has 65 heavy (non-hydrogen) atoms. The average Bonchev–Trinajstić information content (AvgIpc) is 3.92. The van der Waals surface area contributed by atoms with E-state index in [4.69, 9.17) is 18.3 Å². The first kappa shape index (κ1) is 44.7. The van der Waals surface area contributed by atoms with Gasteiger partial charge in [-0.25, -0.2) is 32.3 Å². The molecule has 2 atom stereocenters.